The number of rotatable bonds is 7. The first-order chi connectivity index (χ1) is 13.3. The van der Waals surface area contributed by atoms with Crippen molar-refractivity contribution >= 4 is 27.3 Å². The molecule has 0 saturated carbocycles. The Labute approximate surface area is 166 Å². The smallest absolute Gasteiger partial charge is 0.213 e. The van der Waals surface area contributed by atoms with Gasteiger partial charge in [0.2, 0.25) is 10.0 Å². The van der Waals surface area contributed by atoms with Gasteiger partial charge in [-0.05, 0) is 50.4 Å². The molecule has 0 atom stereocenters. The van der Waals surface area contributed by atoms with Crippen LogP contribution in [0.15, 0.2) is 30.6 Å². The Morgan fingerprint density at radius 2 is 2.00 bits per heavy atom. The second-order valence-corrected chi connectivity index (χ2v) is 9.04. The van der Waals surface area contributed by atoms with E-state index in [2.05, 4.69) is 25.5 Å². The van der Waals surface area contributed by atoms with Crippen LogP contribution in [0.1, 0.15) is 24.0 Å². The number of sulfonamides is 1. The summed E-state index contributed by atoms with van der Waals surface area (Å²) >= 11 is 0. The zero-order valence-electron chi connectivity index (χ0n) is 16.4. The highest BCUT2D eigenvalue weighted by Crippen LogP contribution is 2.24. The number of nitrogens with two attached hydrogens (primary N) is 1. The quantitative estimate of drug-likeness (QED) is 0.644. The van der Waals surface area contributed by atoms with Crippen molar-refractivity contribution in [1.82, 2.24) is 15.3 Å². The molecule has 0 amide bonds. The molecule has 28 heavy (non-hydrogen) atoms. The van der Waals surface area contributed by atoms with Crippen molar-refractivity contribution in [1.29, 1.82) is 0 Å². The summed E-state index contributed by atoms with van der Waals surface area (Å²) in [6.45, 7) is 4.99. The second-order valence-electron chi connectivity index (χ2n) is 7.43. The molecule has 8 nitrogen and oxygen atoms in total. The minimum atomic E-state index is -3.63. The summed E-state index contributed by atoms with van der Waals surface area (Å²) in [7, 11) is -1.60. The molecular weight excluding hydrogens is 376 g/mol. The van der Waals surface area contributed by atoms with Gasteiger partial charge >= 0.3 is 0 Å². The van der Waals surface area contributed by atoms with Crippen LogP contribution in [0.25, 0.3) is 0 Å². The Hall–Kier alpha value is -2.23. The van der Waals surface area contributed by atoms with Crippen molar-refractivity contribution in [2.45, 2.75) is 25.5 Å². The van der Waals surface area contributed by atoms with Gasteiger partial charge in [-0.25, -0.2) is 23.5 Å². The molecule has 0 aliphatic carbocycles. The van der Waals surface area contributed by atoms with Crippen LogP contribution in [0.4, 0.5) is 17.3 Å². The molecule has 1 aromatic carbocycles. The Kier molecular flexibility index (Phi) is 6.48. The van der Waals surface area contributed by atoms with Gasteiger partial charge in [0.1, 0.15) is 18.0 Å². The van der Waals surface area contributed by atoms with Crippen LogP contribution >= 0.6 is 0 Å². The highest BCUT2D eigenvalue weighted by molar-refractivity contribution is 7.88. The average Bonchev–Trinajstić information content (AvgIpc) is 2.64. The van der Waals surface area contributed by atoms with E-state index in [0.717, 1.165) is 31.0 Å². The van der Waals surface area contributed by atoms with E-state index in [1.165, 1.54) is 19.2 Å². The average molecular weight is 405 g/mol. The minimum Gasteiger partial charge on any atom is -0.359 e. The van der Waals surface area contributed by atoms with Crippen LogP contribution in [0.2, 0.25) is 0 Å². The van der Waals surface area contributed by atoms with Crippen LogP contribution < -0.4 is 20.7 Å². The maximum Gasteiger partial charge on any atom is 0.213 e. The zero-order valence-corrected chi connectivity index (χ0v) is 17.2. The number of hydrogen-bond donors (Lipinski definition) is 3. The summed E-state index contributed by atoms with van der Waals surface area (Å²) in [5.74, 6) is 1.86. The molecule has 1 aromatic heterocycles. The van der Waals surface area contributed by atoms with E-state index in [-0.39, 0.29) is 5.75 Å². The Balaban J connectivity index is 1.75. The fourth-order valence-electron chi connectivity index (χ4n) is 3.49. The number of aromatic nitrogens is 2. The minimum absolute atomic E-state index is 0.232. The van der Waals surface area contributed by atoms with E-state index >= 15 is 0 Å². The van der Waals surface area contributed by atoms with Gasteiger partial charge in [0.05, 0.1) is 5.75 Å². The molecule has 1 aliphatic rings. The molecule has 1 fully saturated rings. The van der Waals surface area contributed by atoms with Crippen molar-refractivity contribution in [3.05, 3.63) is 41.7 Å². The van der Waals surface area contributed by atoms with E-state index in [1.807, 2.05) is 38.2 Å². The van der Waals surface area contributed by atoms with Crippen molar-refractivity contribution in [3.63, 3.8) is 0 Å². The molecule has 9 heteroatoms. The van der Waals surface area contributed by atoms with Gasteiger partial charge in [-0.2, -0.15) is 0 Å². The van der Waals surface area contributed by atoms with Gasteiger partial charge < -0.3 is 15.5 Å². The molecule has 1 saturated heterocycles. The summed E-state index contributed by atoms with van der Waals surface area (Å²) in [5.41, 5.74) is 2.25. The maximum absolute atomic E-state index is 11.6. The molecular formula is C19H28N6O2S. The number of anilines is 3. The predicted octanol–water partition coefficient (Wildman–Crippen LogP) is 1.75. The summed E-state index contributed by atoms with van der Waals surface area (Å²) in [4.78, 5) is 10.8. The van der Waals surface area contributed by atoms with Crippen LogP contribution in [0.5, 0.6) is 0 Å². The number of primary sulfonamides is 1. The van der Waals surface area contributed by atoms with Crippen molar-refractivity contribution in [2.75, 3.05) is 36.9 Å². The first-order valence-corrected chi connectivity index (χ1v) is 11.1. The summed E-state index contributed by atoms with van der Waals surface area (Å²) in [5, 5.41) is 11.8. The number of benzene rings is 1. The molecule has 1 aliphatic heterocycles. The lowest BCUT2D eigenvalue weighted by atomic mass is 9.98. The van der Waals surface area contributed by atoms with E-state index in [0.29, 0.717) is 23.0 Å². The largest absolute Gasteiger partial charge is 0.359 e. The molecule has 3 rings (SSSR count). The lowest BCUT2D eigenvalue weighted by Gasteiger charge is -2.28. The molecule has 0 unspecified atom stereocenters. The fraction of sp³-hybridized carbons (Fsp3) is 0.474. The maximum atomic E-state index is 11.6. The Bertz CT molecular complexity index is 912. The molecule has 0 spiro atoms. The van der Waals surface area contributed by atoms with E-state index in [4.69, 9.17) is 5.14 Å². The molecule has 4 N–H and O–H groups in total. The molecule has 2 heterocycles. The third kappa shape index (κ3) is 5.88. The lowest BCUT2D eigenvalue weighted by molar-refractivity contribution is 0.377. The third-order valence-corrected chi connectivity index (χ3v) is 5.63. The van der Waals surface area contributed by atoms with Crippen molar-refractivity contribution in [3.8, 4) is 0 Å². The second kappa shape index (κ2) is 8.85. The first-order valence-electron chi connectivity index (χ1n) is 9.41. The van der Waals surface area contributed by atoms with Gasteiger partial charge in [0.15, 0.2) is 0 Å². The van der Waals surface area contributed by atoms with Crippen molar-refractivity contribution in [2.24, 2.45) is 11.1 Å². The van der Waals surface area contributed by atoms with E-state index in [1.54, 1.807) is 0 Å². The Morgan fingerprint density at radius 3 is 2.71 bits per heavy atom. The number of aryl methyl sites for hydroxylation is 1. The lowest BCUT2D eigenvalue weighted by Crippen LogP contribution is -2.34. The van der Waals surface area contributed by atoms with E-state index < -0.39 is 10.0 Å². The number of nitrogens with zero attached hydrogens (tertiary/aromatic N) is 3. The molecule has 0 radical (unpaired) electrons. The molecule has 2 aromatic rings. The van der Waals surface area contributed by atoms with Crippen LogP contribution in [-0.2, 0) is 15.8 Å². The number of hydrogen-bond acceptors (Lipinski definition) is 7. The van der Waals surface area contributed by atoms with Crippen LogP contribution in [-0.4, -0.2) is 45.1 Å². The summed E-state index contributed by atoms with van der Waals surface area (Å²) in [6, 6.07) is 7.45. The van der Waals surface area contributed by atoms with Gasteiger partial charge in [-0.1, -0.05) is 17.7 Å². The topological polar surface area (TPSA) is 113 Å². The third-order valence-electron chi connectivity index (χ3n) is 4.91. The Morgan fingerprint density at radius 1 is 1.25 bits per heavy atom. The van der Waals surface area contributed by atoms with Crippen LogP contribution in [0, 0.1) is 12.8 Å². The monoisotopic (exact) mass is 404 g/mol. The van der Waals surface area contributed by atoms with E-state index in [9.17, 15) is 8.42 Å². The standard InChI is InChI=1S/C19H28N6O2S/c1-14-3-4-17(16(9-14)12-28(20,26)27)24-18-10-19(23-13-22-18)25(2)11-15-5-7-21-8-6-15/h3-4,9-10,13,15,21H,5-8,11-12H2,1-2H3,(H2,20,26,27)(H,22,23,24). The molecule has 152 valence electrons. The highest BCUT2D eigenvalue weighted by Gasteiger charge is 2.17. The predicted molar refractivity (Wildman–Crippen MR) is 112 cm³/mol. The first kappa shape index (κ1) is 20.5. The normalized spacial score (nSPS) is 15.4. The molecule has 0 bridgehead atoms. The van der Waals surface area contributed by atoms with Gasteiger partial charge in [0.25, 0.3) is 0 Å². The SMILES string of the molecule is Cc1ccc(Nc2cc(N(C)CC3CCNCC3)ncn2)c(CS(N)(=O)=O)c1. The van der Waals surface area contributed by atoms with Gasteiger partial charge in [0, 0.05) is 25.3 Å². The van der Waals surface area contributed by atoms with Crippen LogP contribution in [0.3, 0.4) is 0 Å². The zero-order chi connectivity index (χ0) is 20.1. The summed E-state index contributed by atoms with van der Waals surface area (Å²) in [6.07, 6.45) is 3.85. The van der Waals surface area contributed by atoms with Gasteiger partial charge in [-0.3, -0.25) is 0 Å². The summed E-state index contributed by atoms with van der Waals surface area (Å²) < 4.78 is 23.1. The van der Waals surface area contributed by atoms with Gasteiger partial charge in [-0.15, -0.1) is 0 Å². The fourth-order valence-corrected chi connectivity index (χ4v) is 4.16. The number of nitrogens with one attached hydrogen (secondary N) is 2. The number of piperidine rings is 1. The highest BCUT2D eigenvalue weighted by atomic mass is 32.2. The van der Waals surface area contributed by atoms with Crippen molar-refractivity contribution < 1.29 is 8.42 Å².